The van der Waals surface area contributed by atoms with E-state index in [1.165, 1.54) is 4.90 Å². The SMILES string of the molecule is CCCN1C(=O)SC(=Cc2ccc(N3CCOCC3)o2)C1=O. The number of furan rings is 1. The highest BCUT2D eigenvalue weighted by Crippen LogP contribution is 2.33. The summed E-state index contributed by atoms with van der Waals surface area (Å²) in [6.45, 7) is 5.35. The van der Waals surface area contributed by atoms with Crippen molar-refractivity contribution < 1.29 is 18.7 Å². The fourth-order valence-corrected chi connectivity index (χ4v) is 3.26. The van der Waals surface area contributed by atoms with E-state index >= 15 is 0 Å². The second-order valence-electron chi connectivity index (χ2n) is 5.11. The van der Waals surface area contributed by atoms with Crippen molar-refractivity contribution in [3.63, 3.8) is 0 Å². The smallest absolute Gasteiger partial charge is 0.293 e. The van der Waals surface area contributed by atoms with Crippen LogP contribution in [0, 0.1) is 0 Å². The Morgan fingerprint density at radius 3 is 2.77 bits per heavy atom. The fraction of sp³-hybridized carbons (Fsp3) is 0.467. The number of hydrogen-bond donors (Lipinski definition) is 0. The average Bonchev–Trinajstić information content (AvgIpc) is 3.09. The van der Waals surface area contributed by atoms with E-state index in [0.29, 0.717) is 30.4 Å². The molecule has 0 spiro atoms. The van der Waals surface area contributed by atoms with Crippen molar-refractivity contribution in [3.8, 4) is 0 Å². The maximum absolute atomic E-state index is 12.2. The maximum atomic E-state index is 12.2. The summed E-state index contributed by atoms with van der Waals surface area (Å²) in [5, 5.41) is -0.210. The number of anilines is 1. The van der Waals surface area contributed by atoms with Crippen molar-refractivity contribution in [2.24, 2.45) is 0 Å². The van der Waals surface area contributed by atoms with E-state index in [2.05, 4.69) is 4.90 Å². The first-order valence-corrected chi connectivity index (χ1v) is 8.18. The van der Waals surface area contributed by atoms with Gasteiger partial charge < -0.3 is 14.1 Å². The summed E-state index contributed by atoms with van der Waals surface area (Å²) in [5.41, 5.74) is 0. The number of thioether (sulfide) groups is 1. The van der Waals surface area contributed by atoms with Crippen LogP contribution in [0.15, 0.2) is 21.5 Å². The molecule has 2 aliphatic rings. The second kappa shape index (κ2) is 6.58. The van der Waals surface area contributed by atoms with Crippen LogP contribution in [0.4, 0.5) is 10.7 Å². The Labute approximate surface area is 133 Å². The molecule has 7 heteroatoms. The molecule has 0 unspecified atom stereocenters. The zero-order chi connectivity index (χ0) is 15.5. The summed E-state index contributed by atoms with van der Waals surface area (Å²) < 4.78 is 11.1. The molecule has 0 atom stereocenters. The number of carbonyl (C=O) groups excluding carboxylic acids is 2. The third kappa shape index (κ3) is 3.05. The Hall–Kier alpha value is -1.73. The van der Waals surface area contributed by atoms with Gasteiger partial charge in [-0.25, -0.2) is 0 Å². The number of nitrogens with zero attached hydrogens (tertiary/aromatic N) is 2. The lowest BCUT2D eigenvalue weighted by atomic mass is 10.3. The second-order valence-corrected chi connectivity index (χ2v) is 6.10. The number of rotatable bonds is 4. The average molecular weight is 322 g/mol. The van der Waals surface area contributed by atoms with Gasteiger partial charge in [0.25, 0.3) is 11.1 Å². The van der Waals surface area contributed by atoms with Crippen LogP contribution in [0.2, 0.25) is 0 Å². The molecule has 2 amide bonds. The Morgan fingerprint density at radius 1 is 1.27 bits per heavy atom. The monoisotopic (exact) mass is 322 g/mol. The standard InChI is InChI=1S/C15H18N2O4S/c1-2-5-17-14(18)12(22-15(17)19)10-11-3-4-13(21-11)16-6-8-20-9-7-16/h3-4,10H,2,5-9H2,1H3. The molecule has 0 aromatic carbocycles. The Morgan fingerprint density at radius 2 is 2.05 bits per heavy atom. The molecule has 0 aliphatic carbocycles. The minimum atomic E-state index is -0.235. The molecule has 1 aromatic heterocycles. The normalized spacial score (nSPS) is 21.2. The molecule has 3 heterocycles. The largest absolute Gasteiger partial charge is 0.441 e. The van der Waals surface area contributed by atoms with Gasteiger partial charge in [-0.3, -0.25) is 14.5 Å². The van der Waals surface area contributed by atoms with Crippen LogP contribution in [0.25, 0.3) is 6.08 Å². The van der Waals surface area contributed by atoms with E-state index in [1.807, 2.05) is 19.1 Å². The lowest BCUT2D eigenvalue weighted by Gasteiger charge is -2.26. The van der Waals surface area contributed by atoms with Crippen molar-refractivity contribution in [2.45, 2.75) is 13.3 Å². The van der Waals surface area contributed by atoms with Crippen LogP contribution in [0.5, 0.6) is 0 Å². The summed E-state index contributed by atoms with van der Waals surface area (Å²) in [5.74, 6) is 1.12. The maximum Gasteiger partial charge on any atom is 0.293 e. The van der Waals surface area contributed by atoms with Crippen LogP contribution in [0.1, 0.15) is 19.1 Å². The van der Waals surface area contributed by atoms with E-state index in [0.717, 1.165) is 37.2 Å². The van der Waals surface area contributed by atoms with Crippen molar-refractivity contribution >= 4 is 34.9 Å². The van der Waals surface area contributed by atoms with Gasteiger partial charge in [-0.05, 0) is 24.2 Å². The van der Waals surface area contributed by atoms with Gasteiger partial charge in [0.2, 0.25) is 0 Å². The molecule has 1 aromatic rings. The highest BCUT2D eigenvalue weighted by Gasteiger charge is 2.34. The number of imide groups is 1. The van der Waals surface area contributed by atoms with E-state index in [9.17, 15) is 9.59 Å². The Balaban J connectivity index is 1.74. The molecule has 0 bridgehead atoms. The van der Waals surface area contributed by atoms with Crippen LogP contribution in [-0.4, -0.2) is 48.9 Å². The topological polar surface area (TPSA) is 63.0 Å². The van der Waals surface area contributed by atoms with E-state index in [-0.39, 0.29) is 11.1 Å². The molecular formula is C15H18N2O4S. The lowest BCUT2D eigenvalue weighted by molar-refractivity contribution is -0.122. The third-order valence-electron chi connectivity index (χ3n) is 3.53. The number of carbonyl (C=O) groups is 2. The summed E-state index contributed by atoms with van der Waals surface area (Å²) in [6.07, 6.45) is 2.40. The Bertz CT molecular complexity index is 604. The number of morpholine rings is 1. The minimum absolute atomic E-state index is 0.210. The molecule has 6 nitrogen and oxygen atoms in total. The Kier molecular flexibility index (Phi) is 4.54. The van der Waals surface area contributed by atoms with Gasteiger partial charge in [0.05, 0.1) is 18.1 Å². The van der Waals surface area contributed by atoms with Gasteiger partial charge in [-0.1, -0.05) is 6.92 Å². The van der Waals surface area contributed by atoms with Crippen LogP contribution in [0.3, 0.4) is 0 Å². The molecule has 2 aliphatic heterocycles. The van der Waals surface area contributed by atoms with Gasteiger partial charge in [0.15, 0.2) is 5.88 Å². The zero-order valence-corrected chi connectivity index (χ0v) is 13.2. The van der Waals surface area contributed by atoms with E-state index in [4.69, 9.17) is 9.15 Å². The molecule has 2 fully saturated rings. The van der Waals surface area contributed by atoms with Crippen LogP contribution >= 0.6 is 11.8 Å². The molecule has 2 saturated heterocycles. The first-order chi connectivity index (χ1) is 10.7. The van der Waals surface area contributed by atoms with Gasteiger partial charge in [0, 0.05) is 31.8 Å². The molecule has 0 saturated carbocycles. The highest BCUT2D eigenvalue weighted by atomic mass is 32.2. The predicted octanol–water partition coefficient (Wildman–Crippen LogP) is 2.56. The molecule has 22 heavy (non-hydrogen) atoms. The van der Waals surface area contributed by atoms with Gasteiger partial charge in [-0.15, -0.1) is 0 Å². The van der Waals surface area contributed by atoms with E-state index in [1.54, 1.807) is 6.08 Å². The van der Waals surface area contributed by atoms with Crippen LogP contribution < -0.4 is 4.90 Å². The summed E-state index contributed by atoms with van der Waals surface area (Å²) >= 11 is 0.966. The molecule has 118 valence electrons. The molecule has 0 radical (unpaired) electrons. The van der Waals surface area contributed by atoms with E-state index < -0.39 is 0 Å². The minimum Gasteiger partial charge on any atom is -0.441 e. The van der Waals surface area contributed by atoms with Crippen molar-refractivity contribution in [1.29, 1.82) is 0 Å². The molecule has 3 rings (SSSR count). The van der Waals surface area contributed by atoms with Crippen molar-refractivity contribution in [2.75, 3.05) is 37.7 Å². The highest BCUT2D eigenvalue weighted by molar-refractivity contribution is 8.18. The van der Waals surface area contributed by atoms with Gasteiger partial charge in [0.1, 0.15) is 5.76 Å². The quantitative estimate of drug-likeness (QED) is 0.794. The first-order valence-electron chi connectivity index (χ1n) is 7.37. The number of ether oxygens (including phenoxy) is 1. The fourth-order valence-electron chi connectivity index (χ4n) is 2.42. The van der Waals surface area contributed by atoms with Gasteiger partial charge in [-0.2, -0.15) is 0 Å². The molecular weight excluding hydrogens is 304 g/mol. The molecule has 0 N–H and O–H groups in total. The summed E-state index contributed by atoms with van der Waals surface area (Å²) in [4.78, 5) is 27.8. The number of hydrogen-bond acceptors (Lipinski definition) is 6. The number of amides is 2. The van der Waals surface area contributed by atoms with Crippen LogP contribution in [-0.2, 0) is 9.53 Å². The first kappa shape index (κ1) is 15.2. The van der Waals surface area contributed by atoms with Gasteiger partial charge >= 0.3 is 0 Å². The van der Waals surface area contributed by atoms with Crippen molar-refractivity contribution in [1.82, 2.24) is 4.90 Å². The lowest BCUT2D eigenvalue weighted by Crippen LogP contribution is -2.35. The third-order valence-corrected chi connectivity index (χ3v) is 4.44. The summed E-state index contributed by atoms with van der Waals surface area (Å²) in [6, 6.07) is 3.70. The zero-order valence-electron chi connectivity index (χ0n) is 12.4. The van der Waals surface area contributed by atoms with Crippen molar-refractivity contribution in [3.05, 3.63) is 22.8 Å². The summed E-state index contributed by atoms with van der Waals surface area (Å²) in [7, 11) is 0. The predicted molar refractivity (Wildman–Crippen MR) is 84.7 cm³/mol.